The molecule has 1 aliphatic carbocycles. The topological polar surface area (TPSA) is 81.2 Å². The first-order chi connectivity index (χ1) is 14.4. The second kappa shape index (κ2) is 8.76. The number of carbonyl (C=O) groups is 3. The summed E-state index contributed by atoms with van der Waals surface area (Å²) in [6, 6.07) is 6.15. The molecule has 7 heteroatoms. The lowest BCUT2D eigenvalue weighted by atomic mass is 9.83. The number of carboxylic acid groups (broad SMARTS) is 1. The van der Waals surface area contributed by atoms with Gasteiger partial charge >= 0.3 is 12.0 Å². The van der Waals surface area contributed by atoms with Crippen molar-refractivity contribution in [3.8, 4) is 0 Å². The fourth-order valence-corrected chi connectivity index (χ4v) is 5.14. The Bertz CT molecular complexity index is 832. The first kappa shape index (κ1) is 20.8. The van der Waals surface area contributed by atoms with Gasteiger partial charge in [-0.3, -0.25) is 19.4 Å². The lowest BCUT2D eigenvalue weighted by Gasteiger charge is -2.34. The number of hydrogen-bond acceptors (Lipinski definition) is 4. The minimum absolute atomic E-state index is 0.0297. The molecule has 4 rings (SSSR count). The van der Waals surface area contributed by atoms with Gasteiger partial charge in [0.15, 0.2) is 5.78 Å². The number of likely N-dealkylation sites (N-methyl/N-ethyl adjacent to an activating group) is 1. The van der Waals surface area contributed by atoms with Crippen molar-refractivity contribution in [1.29, 1.82) is 0 Å². The molecular weight excluding hydrogens is 382 g/mol. The number of carbonyl (C=O) groups excluding carboxylic acids is 2. The third-order valence-electron chi connectivity index (χ3n) is 6.95. The average Bonchev–Trinajstić information content (AvgIpc) is 3.05. The van der Waals surface area contributed by atoms with E-state index in [-0.39, 0.29) is 24.3 Å². The van der Waals surface area contributed by atoms with Crippen molar-refractivity contribution >= 4 is 23.5 Å². The summed E-state index contributed by atoms with van der Waals surface area (Å²) in [7, 11) is 1.96. The van der Waals surface area contributed by atoms with E-state index in [0.29, 0.717) is 25.6 Å². The number of urea groups is 1. The molecule has 1 N–H and O–H groups in total. The maximum atomic E-state index is 13.2. The molecule has 1 saturated heterocycles. The van der Waals surface area contributed by atoms with Crippen LogP contribution in [0.4, 0.5) is 10.5 Å². The molecular formula is C23H31N3O4. The highest BCUT2D eigenvalue weighted by atomic mass is 16.4. The molecule has 0 radical (unpaired) electrons. The Morgan fingerprint density at radius 1 is 1.10 bits per heavy atom. The summed E-state index contributed by atoms with van der Waals surface area (Å²) in [6.45, 7) is 2.63. The van der Waals surface area contributed by atoms with Gasteiger partial charge in [0.05, 0.1) is 6.54 Å². The van der Waals surface area contributed by atoms with Crippen molar-refractivity contribution in [2.75, 3.05) is 38.1 Å². The number of rotatable bonds is 5. The Labute approximate surface area is 177 Å². The predicted octanol–water partition coefficient (Wildman–Crippen LogP) is 3.02. The number of aliphatic carboxylic acids is 1. The number of Topliss-reactive ketones (excluding diaryl/α,β-unsaturated/α-hetero) is 1. The summed E-state index contributed by atoms with van der Waals surface area (Å²) < 4.78 is 0. The van der Waals surface area contributed by atoms with E-state index in [1.807, 2.05) is 35.0 Å². The van der Waals surface area contributed by atoms with E-state index < -0.39 is 5.97 Å². The van der Waals surface area contributed by atoms with Crippen molar-refractivity contribution in [3.05, 3.63) is 29.3 Å². The molecule has 0 atom stereocenters. The Morgan fingerprint density at radius 2 is 1.87 bits per heavy atom. The number of nitrogens with zero attached hydrogens (tertiary/aromatic N) is 3. The van der Waals surface area contributed by atoms with Gasteiger partial charge in [-0.2, -0.15) is 0 Å². The molecule has 1 saturated carbocycles. The highest BCUT2D eigenvalue weighted by Crippen LogP contribution is 2.33. The molecule has 0 unspecified atom stereocenters. The Balaban J connectivity index is 1.40. The standard InChI is InChI=1S/C23H31N3O4/c1-24-11-10-17-5-8-19(14-20(17)21(27)15-24)26-13-12-25(23(26)30)18-6-2-16(3-7-18)4-9-22(28)29/h5,8,14,16,18H,2-4,6-7,9-13,15H2,1H3,(H,28,29). The lowest BCUT2D eigenvalue weighted by molar-refractivity contribution is -0.137. The number of hydrogen-bond donors (Lipinski definition) is 1. The summed E-state index contributed by atoms with van der Waals surface area (Å²) in [5.41, 5.74) is 2.63. The van der Waals surface area contributed by atoms with Gasteiger partial charge in [0.25, 0.3) is 0 Å². The first-order valence-electron chi connectivity index (χ1n) is 11.1. The highest BCUT2D eigenvalue weighted by molar-refractivity contribution is 6.02. The molecule has 2 fully saturated rings. The Kier molecular flexibility index (Phi) is 6.09. The zero-order valence-electron chi connectivity index (χ0n) is 17.7. The summed E-state index contributed by atoms with van der Waals surface area (Å²) in [5, 5.41) is 8.88. The normalized spacial score (nSPS) is 25.4. The maximum Gasteiger partial charge on any atom is 0.324 e. The van der Waals surface area contributed by atoms with Gasteiger partial charge in [0.1, 0.15) is 0 Å². The van der Waals surface area contributed by atoms with Gasteiger partial charge in [0.2, 0.25) is 0 Å². The molecule has 30 heavy (non-hydrogen) atoms. The summed E-state index contributed by atoms with van der Waals surface area (Å²) >= 11 is 0. The van der Waals surface area contributed by atoms with Crippen LogP contribution in [-0.4, -0.2) is 72.0 Å². The maximum absolute atomic E-state index is 13.2. The number of ketones is 1. The second-order valence-corrected chi connectivity index (χ2v) is 8.99. The first-order valence-corrected chi connectivity index (χ1v) is 11.1. The van der Waals surface area contributed by atoms with Crippen LogP contribution < -0.4 is 4.90 Å². The third kappa shape index (κ3) is 4.36. The summed E-state index contributed by atoms with van der Waals surface area (Å²) in [5.74, 6) is -0.150. The molecule has 0 aromatic heterocycles. The van der Waals surface area contributed by atoms with E-state index in [1.165, 1.54) is 0 Å². The van der Waals surface area contributed by atoms with Crippen LogP contribution in [0.3, 0.4) is 0 Å². The fraction of sp³-hybridized carbons (Fsp3) is 0.609. The largest absolute Gasteiger partial charge is 0.481 e. The minimum atomic E-state index is -0.728. The fourth-order valence-electron chi connectivity index (χ4n) is 5.14. The third-order valence-corrected chi connectivity index (χ3v) is 6.95. The van der Waals surface area contributed by atoms with Gasteiger partial charge in [-0.15, -0.1) is 0 Å². The van der Waals surface area contributed by atoms with Gasteiger partial charge in [0, 0.05) is 43.3 Å². The van der Waals surface area contributed by atoms with Gasteiger partial charge in [-0.05, 0) is 69.2 Å². The quantitative estimate of drug-likeness (QED) is 0.803. The predicted molar refractivity (Wildman–Crippen MR) is 114 cm³/mol. The molecule has 1 aromatic carbocycles. The lowest BCUT2D eigenvalue weighted by Crippen LogP contribution is -2.41. The number of amides is 2. The van der Waals surface area contributed by atoms with Crippen LogP contribution >= 0.6 is 0 Å². The molecule has 3 aliphatic rings. The van der Waals surface area contributed by atoms with Crippen LogP contribution in [0.1, 0.15) is 54.4 Å². The van der Waals surface area contributed by atoms with Gasteiger partial charge < -0.3 is 10.0 Å². The number of fused-ring (bicyclic) bond motifs is 1. The molecule has 162 valence electrons. The zero-order chi connectivity index (χ0) is 21.3. The van der Waals surface area contributed by atoms with Crippen LogP contribution in [0, 0.1) is 5.92 Å². The van der Waals surface area contributed by atoms with Crippen LogP contribution in [0.15, 0.2) is 18.2 Å². The van der Waals surface area contributed by atoms with Crippen molar-refractivity contribution < 1.29 is 19.5 Å². The van der Waals surface area contributed by atoms with E-state index in [9.17, 15) is 14.4 Å². The molecule has 7 nitrogen and oxygen atoms in total. The van der Waals surface area contributed by atoms with E-state index >= 15 is 0 Å². The number of benzene rings is 1. The van der Waals surface area contributed by atoms with Crippen molar-refractivity contribution in [2.45, 2.75) is 51.0 Å². The highest BCUT2D eigenvalue weighted by Gasteiger charge is 2.36. The molecule has 2 aliphatic heterocycles. The van der Waals surface area contributed by atoms with Crippen molar-refractivity contribution in [2.24, 2.45) is 5.92 Å². The average molecular weight is 414 g/mol. The zero-order valence-corrected chi connectivity index (χ0v) is 17.7. The van der Waals surface area contributed by atoms with Crippen LogP contribution in [0.2, 0.25) is 0 Å². The number of carboxylic acids is 1. The van der Waals surface area contributed by atoms with E-state index in [4.69, 9.17) is 5.11 Å². The molecule has 0 bridgehead atoms. The smallest absolute Gasteiger partial charge is 0.324 e. The van der Waals surface area contributed by atoms with E-state index in [2.05, 4.69) is 0 Å². The van der Waals surface area contributed by atoms with Crippen molar-refractivity contribution in [1.82, 2.24) is 9.80 Å². The molecule has 0 spiro atoms. The Morgan fingerprint density at radius 3 is 2.60 bits per heavy atom. The van der Waals surface area contributed by atoms with E-state index in [1.54, 1.807) is 4.90 Å². The van der Waals surface area contributed by atoms with Gasteiger partial charge in [-0.1, -0.05) is 6.07 Å². The number of anilines is 1. The second-order valence-electron chi connectivity index (χ2n) is 8.99. The summed E-state index contributed by atoms with van der Waals surface area (Å²) in [4.78, 5) is 42.4. The SMILES string of the molecule is CN1CCc2ccc(N3CCN(C4CCC(CCC(=O)O)CC4)C3=O)cc2C(=O)C1. The van der Waals surface area contributed by atoms with Crippen LogP contribution in [0.5, 0.6) is 0 Å². The van der Waals surface area contributed by atoms with Crippen LogP contribution in [0.25, 0.3) is 0 Å². The summed E-state index contributed by atoms with van der Waals surface area (Å²) in [6.07, 6.45) is 5.69. The minimum Gasteiger partial charge on any atom is -0.481 e. The molecule has 2 heterocycles. The molecule has 1 aromatic rings. The van der Waals surface area contributed by atoms with Gasteiger partial charge in [-0.25, -0.2) is 4.79 Å². The van der Waals surface area contributed by atoms with Crippen LogP contribution in [-0.2, 0) is 11.2 Å². The Hall–Kier alpha value is -2.41. The monoisotopic (exact) mass is 413 g/mol. The van der Waals surface area contributed by atoms with E-state index in [0.717, 1.165) is 61.9 Å². The molecule has 2 amide bonds. The van der Waals surface area contributed by atoms with Crippen molar-refractivity contribution in [3.63, 3.8) is 0 Å².